The van der Waals surface area contributed by atoms with Gasteiger partial charge in [0, 0.05) is 6.92 Å². The van der Waals surface area contributed by atoms with Gasteiger partial charge in [-0.25, -0.2) is 0 Å². The van der Waals surface area contributed by atoms with Crippen molar-refractivity contribution in [1.29, 1.82) is 0 Å². The fourth-order valence-corrected chi connectivity index (χ4v) is 0.953. The summed E-state index contributed by atoms with van der Waals surface area (Å²) in [5, 5.41) is 0. The molecule has 11 heavy (non-hydrogen) atoms. The number of hydrogen-bond acceptors (Lipinski definition) is 2. The molecule has 0 aromatic carbocycles. The van der Waals surface area contributed by atoms with Crippen LogP contribution in [0.2, 0.25) is 0 Å². The maximum Gasteiger partial charge on any atom is 0.302 e. The zero-order chi connectivity index (χ0) is 9.11. The summed E-state index contributed by atoms with van der Waals surface area (Å²) in [6, 6.07) is 0. The lowest BCUT2D eigenvalue weighted by Crippen LogP contribution is -1.95. The van der Waals surface area contributed by atoms with Crippen LogP contribution in [-0.2, 0) is 9.53 Å². The summed E-state index contributed by atoms with van der Waals surface area (Å²) in [5.41, 5.74) is 0. The van der Waals surface area contributed by atoms with E-state index >= 15 is 0 Å². The molecule has 0 N–H and O–H groups in total. The number of carbonyl (C=O) groups is 1. The van der Waals surface area contributed by atoms with Gasteiger partial charge in [0.05, 0.1) is 6.61 Å². The van der Waals surface area contributed by atoms with Gasteiger partial charge in [-0.05, 0) is 19.2 Å². The molecule has 0 spiro atoms. The van der Waals surface area contributed by atoms with Gasteiger partial charge in [0.1, 0.15) is 0 Å². The van der Waals surface area contributed by atoms with Crippen molar-refractivity contribution in [3.8, 4) is 0 Å². The minimum Gasteiger partial charge on any atom is -0.466 e. The molecular formula is C8H19O2P. The monoisotopic (exact) mass is 178 g/mol. The molecule has 0 radical (unpaired) electrons. The van der Waals surface area contributed by atoms with E-state index in [0.29, 0.717) is 6.61 Å². The van der Waals surface area contributed by atoms with Crippen LogP contribution in [0.4, 0.5) is 0 Å². The Morgan fingerprint density at radius 3 is 1.73 bits per heavy atom. The predicted octanol–water partition coefficient (Wildman–Crippen LogP) is 2.27. The highest BCUT2D eigenvalue weighted by atomic mass is 31.1. The molecule has 2 nitrogen and oxygen atoms in total. The van der Waals surface area contributed by atoms with E-state index in [1.165, 1.54) is 27.8 Å². The molecule has 0 saturated carbocycles. The molecule has 0 fully saturated rings. The van der Waals surface area contributed by atoms with Crippen molar-refractivity contribution in [2.24, 2.45) is 0 Å². The van der Waals surface area contributed by atoms with E-state index in [2.05, 4.69) is 18.6 Å². The largest absolute Gasteiger partial charge is 0.466 e. The van der Waals surface area contributed by atoms with Crippen LogP contribution in [-0.4, -0.2) is 24.9 Å². The lowest BCUT2D eigenvalue weighted by Gasteiger charge is -1.89. The number of ether oxygens (including phenoxy) is 1. The highest BCUT2D eigenvalue weighted by Gasteiger charge is 1.81. The highest BCUT2D eigenvalue weighted by Crippen LogP contribution is 2.03. The molecule has 0 aromatic rings. The summed E-state index contributed by atoms with van der Waals surface area (Å²) in [5.74, 6) is -0.211. The third-order valence-corrected chi connectivity index (χ3v) is 1.85. The topological polar surface area (TPSA) is 26.3 Å². The Morgan fingerprint density at radius 1 is 1.27 bits per heavy atom. The first-order valence-electron chi connectivity index (χ1n) is 4.03. The second-order valence-electron chi connectivity index (χ2n) is 1.88. The Labute approximate surface area is 71.5 Å². The average Bonchev–Trinajstić information content (AvgIpc) is 1.90. The third kappa shape index (κ3) is 25.7. The van der Waals surface area contributed by atoms with Crippen molar-refractivity contribution in [2.45, 2.75) is 27.7 Å². The quantitative estimate of drug-likeness (QED) is 0.489. The SMILES string of the molecule is CCOC(C)=O.CCPCC. The second-order valence-corrected chi connectivity index (χ2v) is 3.80. The lowest BCUT2D eigenvalue weighted by atomic mass is 10.8. The summed E-state index contributed by atoms with van der Waals surface area (Å²) >= 11 is 0. The zero-order valence-electron chi connectivity index (χ0n) is 7.94. The van der Waals surface area contributed by atoms with Gasteiger partial charge >= 0.3 is 5.97 Å². The van der Waals surface area contributed by atoms with Crippen LogP contribution < -0.4 is 0 Å². The van der Waals surface area contributed by atoms with Gasteiger partial charge in [-0.3, -0.25) is 4.79 Å². The van der Waals surface area contributed by atoms with Crippen LogP contribution in [0.25, 0.3) is 0 Å². The number of rotatable bonds is 3. The summed E-state index contributed by atoms with van der Waals surface area (Å²) in [4.78, 5) is 9.82. The van der Waals surface area contributed by atoms with E-state index in [-0.39, 0.29) is 5.97 Å². The lowest BCUT2D eigenvalue weighted by molar-refractivity contribution is -0.140. The van der Waals surface area contributed by atoms with Crippen LogP contribution in [0.3, 0.4) is 0 Å². The summed E-state index contributed by atoms with van der Waals surface area (Å²) in [6.45, 7) is 8.10. The van der Waals surface area contributed by atoms with Gasteiger partial charge < -0.3 is 4.74 Å². The smallest absolute Gasteiger partial charge is 0.302 e. The van der Waals surface area contributed by atoms with Crippen LogP contribution in [0.15, 0.2) is 0 Å². The molecule has 0 amide bonds. The molecule has 0 unspecified atom stereocenters. The van der Waals surface area contributed by atoms with E-state index in [1.54, 1.807) is 6.92 Å². The van der Waals surface area contributed by atoms with Gasteiger partial charge in [-0.2, -0.15) is 0 Å². The normalized spacial score (nSPS) is 8.00. The Bertz CT molecular complexity index is 82.2. The van der Waals surface area contributed by atoms with E-state index in [9.17, 15) is 4.79 Å². The maximum absolute atomic E-state index is 9.82. The van der Waals surface area contributed by atoms with Gasteiger partial charge in [0.25, 0.3) is 0 Å². The van der Waals surface area contributed by atoms with Crippen LogP contribution in [0.1, 0.15) is 27.7 Å². The van der Waals surface area contributed by atoms with Crippen molar-refractivity contribution in [2.75, 3.05) is 18.9 Å². The average molecular weight is 178 g/mol. The van der Waals surface area contributed by atoms with Gasteiger partial charge in [0.2, 0.25) is 0 Å². The maximum atomic E-state index is 9.82. The standard InChI is InChI=1S/C4H8O2.C4H11P/c1-3-6-4(2)5;1-3-5-4-2/h3H2,1-2H3;5H,3-4H2,1-2H3. The Kier molecular flexibility index (Phi) is 15.4. The van der Waals surface area contributed by atoms with Crippen molar-refractivity contribution in [1.82, 2.24) is 0 Å². The summed E-state index contributed by atoms with van der Waals surface area (Å²) in [6.07, 6.45) is 2.74. The summed E-state index contributed by atoms with van der Waals surface area (Å²) in [7, 11) is 1.20. The van der Waals surface area contributed by atoms with E-state index in [0.717, 1.165) is 0 Å². The molecule has 0 aliphatic heterocycles. The van der Waals surface area contributed by atoms with E-state index < -0.39 is 0 Å². The Hall–Kier alpha value is -0.100. The first-order valence-corrected chi connectivity index (χ1v) is 5.44. The third-order valence-electron chi connectivity index (χ3n) is 0.848. The zero-order valence-corrected chi connectivity index (χ0v) is 8.94. The molecule has 0 aliphatic carbocycles. The molecule has 3 heteroatoms. The van der Waals surface area contributed by atoms with Gasteiger partial charge in [-0.15, -0.1) is 8.58 Å². The number of hydrogen-bond donors (Lipinski definition) is 0. The van der Waals surface area contributed by atoms with Gasteiger partial charge in [-0.1, -0.05) is 13.8 Å². The Balaban J connectivity index is 0. The number of esters is 1. The minimum absolute atomic E-state index is 0.211. The molecule has 0 saturated heterocycles. The van der Waals surface area contributed by atoms with Crippen molar-refractivity contribution >= 4 is 14.6 Å². The molecule has 0 heterocycles. The van der Waals surface area contributed by atoms with Crippen molar-refractivity contribution in [3.05, 3.63) is 0 Å². The second kappa shape index (κ2) is 12.6. The molecule has 68 valence electrons. The fourth-order valence-electron chi connectivity index (χ4n) is 0.453. The predicted molar refractivity (Wildman–Crippen MR) is 51.7 cm³/mol. The molecule has 0 atom stereocenters. The van der Waals surface area contributed by atoms with Crippen LogP contribution >= 0.6 is 8.58 Å². The Morgan fingerprint density at radius 2 is 1.73 bits per heavy atom. The minimum atomic E-state index is -0.211. The molecule has 0 rings (SSSR count). The molecule has 0 aromatic heterocycles. The van der Waals surface area contributed by atoms with Crippen LogP contribution in [0, 0.1) is 0 Å². The van der Waals surface area contributed by atoms with E-state index in [4.69, 9.17) is 0 Å². The van der Waals surface area contributed by atoms with Crippen LogP contribution in [0.5, 0.6) is 0 Å². The molecule has 0 bridgehead atoms. The van der Waals surface area contributed by atoms with Crippen molar-refractivity contribution in [3.63, 3.8) is 0 Å². The first kappa shape index (κ1) is 13.5. The summed E-state index contributed by atoms with van der Waals surface area (Å²) < 4.78 is 4.40. The highest BCUT2D eigenvalue weighted by molar-refractivity contribution is 7.37. The number of carbonyl (C=O) groups excluding carboxylic acids is 1. The first-order chi connectivity index (χ1) is 5.18. The van der Waals surface area contributed by atoms with E-state index in [1.807, 2.05) is 0 Å². The fraction of sp³-hybridized carbons (Fsp3) is 0.875. The van der Waals surface area contributed by atoms with Crippen molar-refractivity contribution < 1.29 is 9.53 Å². The molecule has 0 aliphatic rings. The molecular weight excluding hydrogens is 159 g/mol. The van der Waals surface area contributed by atoms with Gasteiger partial charge in [0.15, 0.2) is 0 Å².